The standard InChI is InChI=1S/C22H36N4O3/c1-13(2)21(28)26(17-9-10-17)18-11-19(25(12-18)22(29)14-3-4-14)20(27)24-16-7-5-15(23)6-8-16/h13-19H,3-12,23H2,1-2H3,(H,24,27). The van der Waals surface area contributed by atoms with Crippen LogP contribution < -0.4 is 11.1 Å². The number of nitrogens with one attached hydrogen (secondary N) is 1. The Morgan fingerprint density at radius 1 is 0.966 bits per heavy atom. The molecule has 4 rings (SSSR count). The molecule has 0 aromatic heterocycles. The maximum Gasteiger partial charge on any atom is 0.243 e. The minimum atomic E-state index is -0.454. The fourth-order valence-corrected chi connectivity index (χ4v) is 4.94. The van der Waals surface area contributed by atoms with Gasteiger partial charge in [0.05, 0.1) is 6.04 Å². The van der Waals surface area contributed by atoms with E-state index in [0.29, 0.717) is 13.0 Å². The van der Waals surface area contributed by atoms with E-state index in [-0.39, 0.29) is 53.7 Å². The van der Waals surface area contributed by atoms with Gasteiger partial charge in [-0.25, -0.2) is 0 Å². The highest BCUT2D eigenvalue weighted by molar-refractivity contribution is 5.90. The van der Waals surface area contributed by atoms with Crippen LogP contribution in [0.3, 0.4) is 0 Å². The number of carbonyl (C=O) groups excluding carboxylic acids is 3. The van der Waals surface area contributed by atoms with E-state index >= 15 is 0 Å². The topological polar surface area (TPSA) is 95.7 Å². The summed E-state index contributed by atoms with van der Waals surface area (Å²) in [7, 11) is 0. The zero-order chi connectivity index (χ0) is 20.7. The summed E-state index contributed by atoms with van der Waals surface area (Å²) < 4.78 is 0. The van der Waals surface area contributed by atoms with Crippen LogP contribution in [0.25, 0.3) is 0 Å². The first-order chi connectivity index (χ1) is 13.8. The molecule has 0 bridgehead atoms. The molecule has 0 radical (unpaired) electrons. The number of nitrogens with zero attached hydrogens (tertiary/aromatic N) is 2. The predicted molar refractivity (Wildman–Crippen MR) is 110 cm³/mol. The van der Waals surface area contributed by atoms with Gasteiger partial charge >= 0.3 is 0 Å². The second kappa shape index (κ2) is 8.25. The van der Waals surface area contributed by atoms with Gasteiger partial charge in [-0.1, -0.05) is 13.8 Å². The van der Waals surface area contributed by atoms with Crippen LogP contribution in [0, 0.1) is 11.8 Å². The lowest BCUT2D eigenvalue weighted by Gasteiger charge is -2.30. The Morgan fingerprint density at radius 3 is 2.17 bits per heavy atom. The van der Waals surface area contributed by atoms with Crippen molar-refractivity contribution in [3.05, 3.63) is 0 Å². The van der Waals surface area contributed by atoms with Crippen LogP contribution in [0.1, 0.15) is 71.6 Å². The molecule has 1 heterocycles. The second-order valence-corrected chi connectivity index (χ2v) is 9.92. The monoisotopic (exact) mass is 404 g/mol. The van der Waals surface area contributed by atoms with Crippen molar-refractivity contribution >= 4 is 17.7 Å². The van der Waals surface area contributed by atoms with Gasteiger partial charge in [0.2, 0.25) is 17.7 Å². The Morgan fingerprint density at radius 2 is 1.62 bits per heavy atom. The van der Waals surface area contributed by atoms with E-state index in [4.69, 9.17) is 5.73 Å². The molecule has 2 unspecified atom stereocenters. The summed E-state index contributed by atoms with van der Waals surface area (Å²) in [6.45, 7) is 4.35. The number of hydrogen-bond donors (Lipinski definition) is 2. The average molecular weight is 405 g/mol. The molecule has 7 nitrogen and oxygen atoms in total. The molecule has 4 aliphatic rings. The number of hydrogen-bond acceptors (Lipinski definition) is 4. The van der Waals surface area contributed by atoms with Gasteiger partial charge in [-0.3, -0.25) is 14.4 Å². The molecule has 4 fully saturated rings. The Labute approximate surface area is 173 Å². The van der Waals surface area contributed by atoms with Crippen molar-refractivity contribution in [3.8, 4) is 0 Å². The highest BCUT2D eigenvalue weighted by Crippen LogP contribution is 2.38. The molecule has 162 valence electrons. The first-order valence-electron chi connectivity index (χ1n) is 11.5. The number of rotatable bonds is 6. The van der Waals surface area contributed by atoms with Gasteiger partial charge in [0.15, 0.2) is 0 Å². The van der Waals surface area contributed by atoms with E-state index in [1.807, 2.05) is 18.7 Å². The summed E-state index contributed by atoms with van der Waals surface area (Å²) in [4.78, 5) is 42.8. The van der Waals surface area contributed by atoms with E-state index < -0.39 is 6.04 Å². The second-order valence-electron chi connectivity index (χ2n) is 9.92. The molecule has 3 saturated carbocycles. The molecular formula is C22H36N4O3. The minimum absolute atomic E-state index is 0.0457. The normalized spacial score (nSPS) is 32.3. The van der Waals surface area contributed by atoms with Crippen molar-refractivity contribution in [2.45, 2.75) is 102 Å². The molecule has 0 aromatic carbocycles. The van der Waals surface area contributed by atoms with Crippen molar-refractivity contribution in [1.82, 2.24) is 15.1 Å². The van der Waals surface area contributed by atoms with Gasteiger partial charge in [-0.2, -0.15) is 0 Å². The molecule has 3 amide bonds. The summed E-state index contributed by atoms with van der Waals surface area (Å²) in [5, 5.41) is 3.19. The van der Waals surface area contributed by atoms with Gasteiger partial charge in [-0.15, -0.1) is 0 Å². The quantitative estimate of drug-likeness (QED) is 0.699. The zero-order valence-electron chi connectivity index (χ0n) is 17.8. The third-order valence-electron chi connectivity index (χ3n) is 6.99. The van der Waals surface area contributed by atoms with Crippen LogP contribution in [0.15, 0.2) is 0 Å². The molecule has 1 saturated heterocycles. The Hall–Kier alpha value is -1.63. The maximum absolute atomic E-state index is 13.2. The zero-order valence-corrected chi connectivity index (χ0v) is 17.8. The van der Waals surface area contributed by atoms with E-state index in [1.54, 1.807) is 4.90 Å². The largest absolute Gasteiger partial charge is 0.352 e. The molecule has 2 atom stereocenters. The van der Waals surface area contributed by atoms with E-state index in [1.165, 1.54) is 0 Å². The molecular weight excluding hydrogens is 368 g/mol. The van der Waals surface area contributed by atoms with Gasteiger partial charge in [0.1, 0.15) is 6.04 Å². The van der Waals surface area contributed by atoms with Gasteiger partial charge in [0, 0.05) is 36.5 Å². The summed E-state index contributed by atoms with van der Waals surface area (Å²) in [6.07, 6.45) is 8.14. The highest BCUT2D eigenvalue weighted by Gasteiger charge is 2.49. The van der Waals surface area contributed by atoms with Gasteiger partial charge in [-0.05, 0) is 57.8 Å². The first kappa shape index (κ1) is 20.6. The average Bonchev–Trinajstić information content (AvgIpc) is 3.60. The Bertz CT molecular complexity index is 650. The summed E-state index contributed by atoms with van der Waals surface area (Å²) in [5.41, 5.74) is 5.99. The van der Waals surface area contributed by atoms with Crippen molar-refractivity contribution < 1.29 is 14.4 Å². The fourth-order valence-electron chi connectivity index (χ4n) is 4.94. The number of amides is 3. The molecule has 7 heteroatoms. The summed E-state index contributed by atoms with van der Waals surface area (Å²) in [6, 6.07) is 0.173. The lowest BCUT2D eigenvalue weighted by atomic mass is 9.91. The van der Waals surface area contributed by atoms with E-state index in [0.717, 1.165) is 51.4 Å². The van der Waals surface area contributed by atoms with Crippen LogP contribution in [-0.4, -0.2) is 64.3 Å². The van der Waals surface area contributed by atoms with Crippen molar-refractivity contribution in [2.75, 3.05) is 6.54 Å². The molecule has 0 aromatic rings. The molecule has 3 aliphatic carbocycles. The maximum atomic E-state index is 13.2. The summed E-state index contributed by atoms with van der Waals surface area (Å²) in [5.74, 6) is 0.217. The SMILES string of the molecule is CC(C)C(=O)N(C1CC1)C1CC(C(=O)NC2CCC(N)CC2)N(C(=O)C2CC2)C1. The molecule has 0 spiro atoms. The lowest BCUT2D eigenvalue weighted by Crippen LogP contribution is -2.50. The van der Waals surface area contributed by atoms with Crippen LogP contribution in [0.5, 0.6) is 0 Å². The summed E-state index contributed by atoms with van der Waals surface area (Å²) >= 11 is 0. The highest BCUT2D eigenvalue weighted by atomic mass is 16.2. The molecule has 1 aliphatic heterocycles. The van der Waals surface area contributed by atoms with E-state index in [9.17, 15) is 14.4 Å². The number of likely N-dealkylation sites (tertiary alicyclic amines) is 1. The minimum Gasteiger partial charge on any atom is -0.352 e. The van der Waals surface area contributed by atoms with Crippen LogP contribution in [0.2, 0.25) is 0 Å². The van der Waals surface area contributed by atoms with Crippen molar-refractivity contribution in [1.29, 1.82) is 0 Å². The van der Waals surface area contributed by atoms with Crippen LogP contribution in [-0.2, 0) is 14.4 Å². The smallest absolute Gasteiger partial charge is 0.243 e. The predicted octanol–water partition coefficient (Wildman–Crippen LogP) is 1.40. The Kier molecular flexibility index (Phi) is 5.87. The van der Waals surface area contributed by atoms with E-state index in [2.05, 4.69) is 5.32 Å². The van der Waals surface area contributed by atoms with Crippen LogP contribution >= 0.6 is 0 Å². The Balaban J connectivity index is 1.47. The van der Waals surface area contributed by atoms with Crippen molar-refractivity contribution in [2.24, 2.45) is 17.6 Å². The number of carbonyl (C=O) groups is 3. The number of nitrogens with two attached hydrogens (primary N) is 1. The molecule has 3 N–H and O–H groups in total. The van der Waals surface area contributed by atoms with Gasteiger partial charge < -0.3 is 20.9 Å². The third-order valence-corrected chi connectivity index (χ3v) is 6.99. The van der Waals surface area contributed by atoms with Crippen molar-refractivity contribution in [3.63, 3.8) is 0 Å². The first-order valence-corrected chi connectivity index (χ1v) is 11.5. The lowest BCUT2D eigenvalue weighted by molar-refractivity contribution is -0.140. The third kappa shape index (κ3) is 4.60. The van der Waals surface area contributed by atoms with Gasteiger partial charge in [0.25, 0.3) is 0 Å². The van der Waals surface area contributed by atoms with Crippen LogP contribution in [0.4, 0.5) is 0 Å². The molecule has 29 heavy (non-hydrogen) atoms. The fraction of sp³-hybridized carbons (Fsp3) is 0.864.